The third-order valence-corrected chi connectivity index (χ3v) is 8.99. The molecular weight excluding hydrogens is 360 g/mol. The number of carbonyl (C=O) groups excluding carboxylic acids is 2. The highest BCUT2D eigenvalue weighted by Crippen LogP contribution is 2.68. The predicted octanol–water partition coefficient (Wildman–Crippen LogP) is 1.75. The standard InChI is InChI=1S/C22H32O6/c1-20-8-6-13(23)10-12(20)4-5-14-15-7-9-22(27,18(25)19(26)28-3)21(15,2)11-16(24)17(14)20/h10,14-18,24-25,27H,4-9,11H2,1-3H3/t14-,15-,16-,17+,18+,20-,21-,22-/m0/s1. The normalized spacial score (nSPS) is 48.8. The van der Waals surface area contributed by atoms with E-state index in [2.05, 4.69) is 6.92 Å². The molecule has 0 aromatic carbocycles. The summed E-state index contributed by atoms with van der Waals surface area (Å²) in [6, 6.07) is 0. The van der Waals surface area contributed by atoms with Crippen LogP contribution >= 0.6 is 0 Å². The molecule has 3 fully saturated rings. The zero-order valence-corrected chi connectivity index (χ0v) is 17.0. The van der Waals surface area contributed by atoms with Gasteiger partial charge in [0.05, 0.1) is 13.2 Å². The van der Waals surface area contributed by atoms with Crippen LogP contribution in [-0.4, -0.2) is 52.0 Å². The van der Waals surface area contributed by atoms with Crippen molar-refractivity contribution in [2.24, 2.45) is 28.6 Å². The highest BCUT2D eigenvalue weighted by molar-refractivity contribution is 5.91. The molecule has 4 aliphatic rings. The maximum atomic E-state index is 12.0. The summed E-state index contributed by atoms with van der Waals surface area (Å²) in [7, 11) is 1.20. The number of aliphatic hydroxyl groups is 3. The van der Waals surface area contributed by atoms with Gasteiger partial charge in [-0.05, 0) is 67.8 Å². The van der Waals surface area contributed by atoms with E-state index in [4.69, 9.17) is 4.74 Å². The molecule has 6 nitrogen and oxygen atoms in total. The second kappa shape index (κ2) is 6.38. The molecule has 3 N–H and O–H groups in total. The molecule has 4 aliphatic carbocycles. The molecule has 156 valence electrons. The number of aliphatic hydroxyl groups excluding tert-OH is 2. The second-order valence-electron chi connectivity index (χ2n) is 9.97. The largest absolute Gasteiger partial charge is 0.467 e. The van der Waals surface area contributed by atoms with Crippen LogP contribution in [0.2, 0.25) is 0 Å². The third kappa shape index (κ3) is 2.44. The molecule has 28 heavy (non-hydrogen) atoms. The summed E-state index contributed by atoms with van der Waals surface area (Å²) in [5.74, 6) is -0.300. The second-order valence-corrected chi connectivity index (χ2v) is 9.97. The number of ketones is 1. The molecule has 0 saturated heterocycles. The summed E-state index contributed by atoms with van der Waals surface area (Å²) >= 11 is 0. The van der Waals surface area contributed by atoms with E-state index in [-0.39, 0.29) is 29.0 Å². The van der Waals surface area contributed by atoms with E-state index in [9.17, 15) is 24.9 Å². The fourth-order valence-corrected chi connectivity index (χ4v) is 7.48. The highest BCUT2D eigenvalue weighted by atomic mass is 16.5. The van der Waals surface area contributed by atoms with E-state index in [1.165, 1.54) is 7.11 Å². The van der Waals surface area contributed by atoms with Crippen LogP contribution in [0.3, 0.4) is 0 Å². The zero-order chi connectivity index (χ0) is 20.5. The van der Waals surface area contributed by atoms with Crippen molar-refractivity contribution in [3.05, 3.63) is 11.6 Å². The van der Waals surface area contributed by atoms with Crippen LogP contribution in [0.15, 0.2) is 11.6 Å². The smallest absolute Gasteiger partial charge is 0.337 e. The summed E-state index contributed by atoms with van der Waals surface area (Å²) in [4.78, 5) is 24.0. The molecule has 0 amide bonds. The van der Waals surface area contributed by atoms with Gasteiger partial charge in [-0.2, -0.15) is 0 Å². The van der Waals surface area contributed by atoms with Crippen molar-refractivity contribution in [1.82, 2.24) is 0 Å². The molecule has 0 aromatic heterocycles. The lowest BCUT2D eigenvalue weighted by Crippen LogP contribution is -2.63. The van der Waals surface area contributed by atoms with Crippen LogP contribution in [0.25, 0.3) is 0 Å². The Hall–Kier alpha value is -1.24. The minimum atomic E-state index is -1.61. The Morgan fingerprint density at radius 2 is 1.96 bits per heavy atom. The Labute approximate surface area is 166 Å². The van der Waals surface area contributed by atoms with Crippen molar-refractivity contribution in [2.45, 2.75) is 76.6 Å². The van der Waals surface area contributed by atoms with Gasteiger partial charge in [-0.1, -0.05) is 19.4 Å². The first-order valence-electron chi connectivity index (χ1n) is 10.5. The van der Waals surface area contributed by atoms with Gasteiger partial charge in [0.1, 0.15) is 5.60 Å². The van der Waals surface area contributed by atoms with Gasteiger partial charge in [0.15, 0.2) is 11.9 Å². The van der Waals surface area contributed by atoms with E-state index < -0.39 is 29.2 Å². The molecule has 0 heterocycles. The van der Waals surface area contributed by atoms with Crippen molar-refractivity contribution in [3.8, 4) is 0 Å². The number of carbonyl (C=O) groups is 2. The van der Waals surface area contributed by atoms with Crippen molar-refractivity contribution in [2.75, 3.05) is 7.11 Å². The average molecular weight is 392 g/mol. The van der Waals surface area contributed by atoms with Crippen LogP contribution < -0.4 is 0 Å². The van der Waals surface area contributed by atoms with E-state index >= 15 is 0 Å². The van der Waals surface area contributed by atoms with Gasteiger partial charge in [0.25, 0.3) is 0 Å². The van der Waals surface area contributed by atoms with Crippen LogP contribution in [0.5, 0.6) is 0 Å². The molecule has 0 aromatic rings. The van der Waals surface area contributed by atoms with Crippen molar-refractivity contribution < 1.29 is 29.6 Å². The summed E-state index contributed by atoms with van der Waals surface area (Å²) in [5, 5.41) is 33.3. The number of esters is 1. The average Bonchev–Trinajstić information content (AvgIpc) is 2.92. The molecule has 0 aliphatic heterocycles. The number of ether oxygens (including phenoxy) is 1. The van der Waals surface area contributed by atoms with Crippen LogP contribution in [0.4, 0.5) is 0 Å². The van der Waals surface area contributed by atoms with E-state index in [0.717, 1.165) is 24.8 Å². The molecule has 0 bridgehead atoms. The van der Waals surface area contributed by atoms with Crippen molar-refractivity contribution >= 4 is 11.8 Å². The maximum Gasteiger partial charge on any atom is 0.337 e. The first-order chi connectivity index (χ1) is 13.1. The summed E-state index contributed by atoms with van der Waals surface area (Å²) < 4.78 is 4.69. The van der Waals surface area contributed by atoms with Gasteiger partial charge in [-0.3, -0.25) is 4.79 Å². The van der Waals surface area contributed by atoms with E-state index in [0.29, 0.717) is 25.7 Å². The van der Waals surface area contributed by atoms with Gasteiger partial charge in [-0.15, -0.1) is 0 Å². The first kappa shape index (κ1) is 20.0. The van der Waals surface area contributed by atoms with Gasteiger partial charge < -0.3 is 20.1 Å². The quantitative estimate of drug-likeness (QED) is 0.619. The number of allylic oxidation sites excluding steroid dienone is 1. The van der Waals surface area contributed by atoms with Gasteiger partial charge in [0.2, 0.25) is 0 Å². The lowest BCUT2D eigenvalue weighted by atomic mass is 9.45. The predicted molar refractivity (Wildman–Crippen MR) is 101 cm³/mol. The molecule has 8 atom stereocenters. The number of hydrogen-bond acceptors (Lipinski definition) is 6. The maximum absolute atomic E-state index is 12.0. The number of rotatable bonds is 2. The number of methoxy groups -OCH3 is 1. The molecule has 4 rings (SSSR count). The lowest BCUT2D eigenvalue weighted by Gasteiger charge is -2.61. The van der Waals surface area contributed by atoms with Gasteiger partial charge in [0, 0.05) is 11.8 Å². The Kier molecular flexibility index (Phi) is 4.57. The topological polar surface area (TPSA) is 104 Å². The fourth-order valence-electron chi connectivity index (χ4n) is 7.48. The fraction of sp³-hybridized carbons (Fsp3) is 0.818. The lowest BCUT2D eigenvalue weighted by molar-refractivity contribution is -0.211. The molecule has 0 spiro atoms. The Bertz CT molecular complexity index is 731. The zero-order valence-electron chi connectivity index (χ0n) is 17.0. The third-order valence-electron chi connectivity index (χ3n) is 8.99. The minimum Gasteiger partial charge on any atom is -0.467 e. The van der Waals surface area contributed by atoms with Crippen LogP contribution in [-0.2, 0) is 14.3 Å². The van der Waals surface area contributed by atoms with E-state index in [1.54, 1.807) is 6.08 Å². The SMILES string of the molecule is COC(=O)[C@@H](O)[C@@]1(O)CC[C@H]2[C@@H]3CCC4=CC(=O)CC[C@]4(C)[C@H]3[C@@H](O)C[C@@]21C. The number of hydrogen-bond donors (Lipinski definition) is 3. The Morgan fingerprint density at radius 3 is 2.64 bits per heavy atom. The molecule has 6 heteroatoms. The van der Waals surface area contributed by atoms with Crippen LogP contribution in [0.1, 0.15) is 58.8 Å². The number of fused-ring (bicyclic) bond motifs is 5. The van der Waals surface area contributed by atoms with E-state index in [1.807, 2.05) is 6.92 Å². The highest BCUT2D eigenvalue weighted by Gasteiger charge is 2.69. The van der Waals surface area contributed by atoms with Crippen molar-refractivity contribution in [1.29, 1.82) is 0 Å². The summed E-state index contributed by atoms with van der Waals surface area (Å²) in [6.07, 6.45) is 3.87. The van der Waals surface area contributed by atoms with Gasteiger partial charge in [-0.25, -0.2) is 4.79 Å². The summed E-state index contributed by atoms with van der Waals surface area (Å²) in [5.41, 5.74) is -1.39. The molecule has 0 unspecified atom stereocenters. The Morgan fingerprint density at radius 1 is 1.25 bits per heavy atom. The monoisotopic (exact) mass is 392 g/mol. The van der Waals surface area contributed by atoms with Gasteiger partial charge >= 0.3 is 5.97 Å². The molecule has 0 radical (unpaired) electrons. The first-order valence-corrected chi connectivity index (χ1v) is 10.5. The Balaban J connectivity index is 1.71. The minimum absolute atomic E-state index is 0.0382. The van der Waals surface area contributed by atoms with Crippen LogP contribution in [0, 0.1) is 28.6 Å². The molecule has 3 saturated carbocycles. The molecular formula is C22H32O6. The van der Waals surface area contributed by atoms with Crippen molar-refractivity contribution in [3.63, 3.8) is 0 Å². The summed E-state index contributed by atoms with van der Waals surface area (Å²) in [6.45, 7) is 4.09.